The molecule has 15 heavy (non-hydrogen) atoms. The molecule has 0 spiro atoms. The summed E-state index contributed by atoms with van der Waals surface area (Å²) in [6.45, 7) is 3.37. The maximum absolute atomic E-state index is 11.3. The lowest BCUT2D eigenvalue weighted by Crippen LogP contribution is -2.40. The Morgan fingerprint density at radius 1 is 1.13 bits per heavy atom. The first kappa shape index (κ1) is 10.9. The number of ether oxygens (including phenoxy) is 1. The van der Waals surface area contributed by atoms with Crippen molar-refractivity contribution in [2.75, 3.05) is 26.3 Å². The summed E-state index contributed by atoms with van der Waals surface area (Å²) >= 11 is 0. The van der Waals surface area contributed by atoms with Crippen molar-refractivity contribution in [2.24, 2.45) is 5.92 Å². The van der Waals surface area contributed by atoms with Gasteiger partial charge in [-0.05, 0) is 25.7 Å². The van der Waals surface area contributed by atoms with Crippen molar-refractivity contribution < 1.29 is 9.53 Å². The zero-order chi connectivity index (χ0) is 10.5. The van der Waals surface area contributed by atoms with Crippen LogP contribution in [0.2, 0.25) is 0 Å². The van der Waals surface area contributed by atoms with Crippen LogP contribution in [0.25, 0.3) is 0 Å². The summed E-state index contributed by atoms with van der Waals surface area (Å²) in [5.41, 5.74) is 0. The average molecular weight is 212 g/mol. The molecule has 0 aromatic rings. The summed E-state index contributed by atoms with van der Waals surface area (Å²) < 4.78 is 5.27. The van der Waals surface area contributed by atoms with Crippen LogP contribution in [0.4, 0.5) is 0 Å². The fourth-order valence-corrected chi connectivity index (χ4v) is 1.85. The molecular formula is C11H20N2O2. The van der Waals surface area contributed by atoms with E-state index in [-0.39, 0.29) is 5.91 Å². The third-order valence-electron chi connectivity index (χ3n) is 3.03. The van der Waals surface area contributed by atoms with Gasteiger partial charge in [0.05, 0.1) is 0 Å². The van der Waals surface area contributed by atoms with E-state index in [9.17, 15) is 4.79 Å². The SMILES string of the molecule is O=C(NCCNC1CCOCC1)C1CC1. The van der Waals surface area contributed by atoms with Crippen LogP contribution in [-0.2, 0) is 9.53 Å². The van der Waals surface area contributed by atoms with Crippen molar-refractivity contribution >= 4 is 5.91 Å². The topological polar surface area (TPSA) is 50.4 Å². The first-order valence-electron chi connectivity index (χ1n) is 5.95. The molecule has 1 saturated heterocycles. The molecule has 86 valence electrons. The van der Waals surface area contributed by atoms with E-state index in [2.05, 4.69) is 10.6 Å². The zero-order valence-corrected chi connectivity index (χ0v) is 9.13. The molecule has 1 aliphatic heterocycles. The normalized spacial score (nSPS) is 22.7. The molecule has 2 aliphatic rings. The van der Waals surface area contributed by atoms with Crippen LogP contribution in [0.3, 0.4) is 0 Å². The minimum atomic E-state index is 0.240. The molecule has 0 aromatic heterocycles. The summed E-state index contributed by atoms with van der Waals surface area (Å²) in [4.78, 5) is 11.3. The Labute approximate surface area is 90.8 Å². The Balaban J connectivity index is 1.48. The lowest BCUT2D eigenvalue weighted by atomic mass is 10.1. The number of carbonyl (C=O) groups is 1. The smallest absolute Gasteiger partial charge is 0.223 e. The Hall–Kier alpha value is -0.610. The second-order valence-corrected chi connectivity index (χ2v) is 4.41. The van der Waals surface area contributed by atoms with Crippen LogP contribution >= 0.6 is 0 Å². The van der Waals surface area contributed by atoms with Gasteiger partial charge in [-0.3, -0.25) is 4.79 Å². The Morgan fingerprint density at radius 3 is 2.53 bits per heavy atom. The molecule has 1 aliphatic carbocycles. The number of nitrogens with one attached hydrogen (secondary N) is 2. The molecule has 0 unspecified atom stereocenters. The van der Waals surface area contributed by atoms with Gasteiger partial charge in [0.2, 0.25) is 5.91 Å². The lowest BCUT2D eigenvalue weighted by molar-refractivity contribution is -0.122. The maximum atomic E-state index is 11.3. The van der Waals surface area contributed by atoms with Crippen molar-refractivity contribution in [3.8, 4) is 0 Å². The van der Waals surface area contributed by atoms with Crippen molar-refractivity contribution in [3.63, 3.8) is 0 Å². The number of amides is 1. The van der Waals surface area contributed by atoms with Gasteiger partial charge in [-0.1, -0.05) is 0 Å². The largest absolute Gasteiger partial charge is 0.381 e. The molecule has 1 heterocycles. The van der Waals surface area contributed by atoms with Gasteiger partial charge in [-0.15, -0.1) is 0 Å². The van der Waals surface area contributed by atoms with Crippen LogP contribution in [0, 0.1) is 5.92 Å². The predicted molar refractivity (Wildman–Crippen MR) is 57.6 cm³/mol. The zero-order valence-electron chi connectivity index (χ0n) is 9.13. The molecule has 4 nitrogen and oxygen atoms in total. The molecule has 2 rings (SSSR count). The Kier molecular flexibility index (Phi) is 3.97. The highest BCUT2D eigenvalue weighted by Gasteiger charge is 2.28. The second-order valence-electron chi connectivity index (χ2n) is 4.41. The molecule has 0 atom stereocenters. The Bertz CT molecular complexity index is 211. The minimum Gasteiger partial charge on any atom is -0.381 e. The highest BCUT2D eigenvalue weighted by molar-refractivity contribution is 5.80. The van der Waals surface area contributed by atoms with Crippen LogP contribution in [-0.4, -0.2) is 38.3 Å². The first-order valence-corrected chi connectivity index (χ1v) is 5.95. The standard InChI is InChI=1S/C11H20N2O2/c14-11(9-1-2-9)13-6-5-12-10-3-7-15-8-4-10/h9-10,12H,1-8H2,(H,13,14). The van der Waals surface area contributed by atoms with Gasteiger partial charge < -0.3 is 15.4 Å². The number of hydrogen-bond acceptors (Lipinski definition) is 3. The molecular weight excluding hydrogens is 192 g/mol. The molecule has 4 heteroatoms. The molecule has 0 bridgehead atoms. The number of carbonyl (C=O) groups excluding carboxylic acids is 1. The number of rotatable bonds is 5. The molecule has 0 radical (unpaired) electrons. The summed E-state index contributed by atoms with van der Waals surface area (Å²) in [6.07, 6.45) is 4.35. The summed E-state index contributed by atoms with van der Waals surface area (Å²) in [7, 11) is 0. The number of hydrogen-bond donors (Lipinski definition) is 2. The van der Waals surface area contributed by atoms with Gasteiger partial charge in [0.1, 0.15) is 0 Å². The van der Waals surface area contributed by atoms with E-state index in [1.807, 2.05) is 0 Å². The predicted octanol–water partition coefficient (Wildman–Crippen LogP) is 0.281. The fraction of sp³-hybridized carbons (Fsp3) is 0.909. The third-order valence-corrected chi connectivity index (χ3v) is 3.03. The first-order chi connectivity index (χ1) is 7.36. The van der Waals surface area contributed by atoms with E-state index in [1.165, 1.54) is 0 Å². The van der Waals surface area contributed by atoms with E-state index in [0.717, 1.165) is 52.0 Å². The highest BCUT2D eigenvalue weighted by Crippen LogP contribution is 2.28. The highest BCUT2D eigenvalue weighted by atomic mass is 16.5. The third kappa shape index (κ3) is 3.80. The van der Waals surface area contributed by atoms with Crippen LogP contribution in [0.5, 0.6) is 0 Å². The summed E-state index contributed by atoms with van der Waals surface area (Å²) in [5, 5.41) is 6.39. The Morgan fingerprint density at radius 2 is 1.87 bits per heavy atom. The second kappa shape index (κ2) is 5.47. The van der Waals surface area contributed by atoms with Gasteiger partial charge in [0.15, 0.2) is 0 Å². The molecule has 2 fully saturated rings. The molecule has 2 N–H and O–H groups in total. The lowest BCUT2D eigenvalue weighted by Gasteiger charge is -2.23. The van der Waals surface area contributed by atoms with Gasteiger partial charge in [0.25, 0.3) is 0 Å². The van der Waals surface area contributed by atoms with Gasteiger partial charge in [-0.25, -0.2) is 0 Å². The van der Waals surface area contributed by atoms with Crippen molar-refractivity contribution in [3.05, 3.63) is 0 Å². The summed E-state index contributed by atoms with van der Waals surface area (Å²) in [5.74, 6) is 0.567. The van der Waals surface area contributed by atoms with E-state index in [0.29, 0.717) is 12.0 Å². The van der Waals surface area contributed by atoms with Crippen molar-refractivity contribution in [1.29, 1.82) is 0 Å². The van der Waals surface area contributed by atoms with Gasteiger partial charge in [-0.2, -0.15) is 0 Å². The maximum Gasteiger partial charge on any atom is 0.223 e. The average Bonchev–Trinajstić information content (AvgIpc) is 3.09. The summed E-state index contributed by atoms with van der Waals surface area (Å²) in [6, 6.07) is 0.580. The van der Waals surface area contributed by atoms with Crippen LogP contribution in [0.15, 0.2) is 0 Å². The monoisotopic (exact) mass is 212 g/mol. The van der Waals surface area contributed by atoms with E-state index in [1.54, 1.807) is 0 Å². The van der Waals surface area contributed by atoms with E-state index >= 15 is 0 Å². The van der Waals surface area contributed by atoms with Gasteiger partial charge >= 0.3 is 0 Å². The quantitative estimate of drug-likeness (QED) is 0.644. The van der Waals surface area contributed by atoms with Crippen LogP contribution in [0.1, 0.15) is 25.7 Å². The van der Waals surface area contributed by atoms with Crippen molar-refractivity contribution in [1.82, 2.24) is 10.6 Å². The van der Waals surface area contributed by atoms with E-state index < -0.39 is 0 Å². The van der Waals surface area contributed by atoms with Gasteiger partial charge in [0, 0.05) is 38.3 Å². The van der Waals surface area contributed by atoms with Crippen molar-refractivity contribution in [2.45, 2.75) is 31.7 Å². The molecule has 1 saturated carbocycles. The van der Waals surface area contributed by atoms with E-state index in [4.69, 9.17) is 4.74 Å². The molecule has 0 aromatic carbocycles. The minimum absolute atomic E-state index is 0.240. The molecule has 1 amide bonds. The van der Waals surface area contributed by atoms with Crippen LogP contribution < -0.4 is 10.6 Å². The fourth-order valence-electron chi connectivity index (χ4n) is 1.85.